The Kier molecular flexibility index (Phi) is 33.8. The number of hydrogen-bond acceptors (Lipinski definition) is 15. The fourth-order valence-corrected chi connectivity index (χ4v) is 10.8. The summed E-state index contributed by atoms with van der Waals surface area (Å²) in [4.78, 5) is 173. The number of carbonyl (C=O) groups excluding carboxylic acids is 9. The number of allylic oxidation sites excluding steroid dienone is 1. The van der Waals surface area contributed by atoms with Crippen molar-refractivity contribution in [3.05, 3.63) is 361 Å². The molecule has 10 aromatic rings. The van der Waals surface area contributed by atoms with Crippen molar-refractivity contribution in [3.8, 4) is 0 Å². The van der Waals surface area contributed by atoms with Gasteiger partial charge in [0, 0.05) is 49.3 Å². The van der Waals surface area contributed by atoms with Crippen LogP contribution in [-0.2, 0) is 42.2 Å². The lowest BCUT2D eigenvalue weighted by Crippen LogP contribution is -2.34. The molecular weight excluding hydrogens is 1470 g/mol. The van der Waals surface area contributed by atoms with Crippen LogP contribution in [0.3, 0.4) is 0 Å². The summed E-state index contributed by atoms with van der Waals surface area (Å²) in [5.74, 6) is -9.89. The normalized spacial score (nSPS) is 10.4. The molecule has 115 heavy (non-hydrogen) atoms. The molecule has 26 nitrogen and oxygen atoms in total. The molecule has 588 valence electrons. The van der Waals surface area contributed by atoms with Gasteiger partial charge in [-0.3, -0.25) is 38.4 Å². The van der Waals surface area contributed by atoms with Gasteiger partial charge in [-0.2, -0.15) is 0 Å². The summed E-state index contributed by atoms with van der Waals surface area (Å²) in [6.07, 6.45) is 1.22. The molecule has 0 fully saturated rings. The van der Waals surface area contributed by atoms with Crippen LogP contribution < -0.4 is 26.6 Å². The Hall–Kier alpha value is -15.2. The van der Waals surface area contributed by atoms with Gasteiger partial charge < -0.3 is 62.0 Å². The van der Waals surface area contributed by atoms with Crippen LogP contribution in [0.25, 0.3) is 5.57 Å². The summed E-state index contributed by atoms with van der Waals surface area (Å²) in [6, 6.07) is 63.6. The maximum atomic E-state index is 12.3. The zero-order valence-corrected chi connectivity index (χ0v) is 62.9. The Morgan fingerprint density at radius 3 is 0.887 bits per heavy atom. The lowest BCUT2D eigenvalue weighted by Gasteiger charge is -2.15. The van der Waals surface area contributed by atoms with Crippen molar-refractivity contribution in [1.82, 2.24) is 26.6 Å². The van der Waals surface area contributed by atoms with Crippen LogP contribution in [0.15, 0.2) is 249 Å². The predicted molar refractivity (Wildman–Crippen MR) is 425 cm³/mol. The Labute approximate surface area is 660 Å². The number of aromatic carboxylic acids is 5. The minimum Gasteiger partial charge on any atom is -0.479 e. The zero-order chi connectivity index (χ0) is 84.4. The summed E-state index contributed by atoms with van der Waals surface area (Å²) in [6.45, 7) is 12.6. The van der Waals surface area contributed by atoms with Gasteiger partial charge in [0.2, 0.25) is 0 Å². The number of aliphatic carboxylic acids is 1. The molecule has 0 spiro atoms. The average molecular weight is 1560 g/mol. The third-order valence-electron chi connectivity index (χ3n) is 17.0. The Bertz CT molecular complexity index is 5160. The predicted octanol–water partition coefficient (Wildman–Crippen LogP) is 13.4. The number of amides is 5. The third-order valence-corrected chi connectivity index (χ3v) is 17.0. The molecule has 11 N–H and O–H groups in total. The van der Waals surface area contributed by atoms with Crippen molar-refractivity contribution >= 4 is 94.1 Å². The van der Waals surface area contributed by atoms with E-state index in [1.54, 1.807) is 116 Å². The van der Waals surface area contributed by atoms with E-state index in [2.05, 4.69) is 33.2 Å². The highest BCUT2D eigenvalue weighted by atomic mass is 16.4. The van der Waals surface area contributed by atoms with Gasteiger partial charge in [0.25, 0.3) is 29.5 Å². The molecule has 0 saturated carbocycles. The summed E-state index contributed by atoms with van der Waals surface area (Å²) in [7, 11) is 0. The molecular formula is C89H81N5O21. The molecule has 1 unspecified atom stereocenters. The molecule has 0 heterocycles. The molecule has 1 atom stereocenters. The zero-order valence-electron chi connectivity index (χ0n) is 62.9. The van der Waals surface area contributed by atoms with Gasteiger partial charge in [0.15, 0.2) is 23.4 Å². The van der Waals surface area contributed by atoms with E-state index in [0.717, 1.165) is 33.4 Å². The summed E-state index contributed by atoms with van der Waals surface area (Å²) >= 11 is 0. The number of nitrogens with one attached hydrogen (secondary N) is 5. The third kappa shape index (κ3) is 27.4. The van der Waals surface area contributed by atoms with Crippen molar-refractivity contribution in [1.29, 1.82) is 0 Å². The number of aryl methyl sites for hydroxylation is 1. The average Bonchev–Trinajstić information content (AvgIpc) is 0.818. The van der Waals surface area contributed by atoms with Crippen LogP contribution in [0.4, 0.5) is 0 Å². The number of rotatable bonds is 28. The van der Waals surface area contributed by atoms with Gasteiger partial charge >= 0.3 is 35.8 Å². The molecule has 26 heteroatoms. The van der Waals surface area contributed by atoms with E-state index < -0.39 is 71.4 Å². The number of benzene rings is 10. The van der Waals surface area contributed by atoms with Gasteiger partial charge in [-0.05, 0) is 147 Å². The number of ketones is 4. The van der Waals surface area contributed by atoms with Gasteiger partial charge in [0.05, 0.1) is 55.6 Å². The smallest absolute Gasteiger partial charge is 0.336 e. The summed E-state index contributed by atoms with van der Waals surface area (Å²) in [5.41, 5.74) is 8.12. The highest BCUT2D eigenvalue weighted by Crippen LogP contribution is 2.21. The highest BCUT2D eigenvalue weighted by Gasteiger charge is 2.26. The number of carboxylic acid groups (broad SMARTS) is 6. The van der Waals surface area contributed by atoms with Crippen LogP contribution in [0.2, 0.25) is 0 Å². The lowest BCUT2D eigenvalue weighted by molar-refractivity contribution is -0.139. The number of hydrogen-bond donors (Lipinski definition) is 11. The molecule has 10 rings (SSSR count). The molecule has 0 aromatic heterocycles. The van der Waals surface area contributed by atoms with E-state index in [-0.39, 0.29) is 91.9 Å². The first kappa shape index (κ1) is 88.7. The maximum absolute atomic E-state index is 12.3. The van der Waals surface area contributed by atoms with E-state index in [1.165, 1.54) is 106 Å². The van der Waals surface area contributed by atoms with Crippen LogP contribution in [-0.4, -0.2) is 119 Å². The second kappa shape index (κ2) is 43.8. The molecule has 0 radical (unpaired) electrons. The second-order valence-corrected chi connectivity index (χ2v) is 25.4. The van der Waals surface area contributed by atoms with Crippen molar-refractivity contribution < 1.29 is 103 Å². The van der Waals surface area contributed by atoms with Crippen molar-refractivity contribution in [3.63, 3.8) is 0 Å². The first-order valence-corrected chi connectivity index (χ1v) is 35.2. The Morgan fingerprint density at radius 1 is 0.296 bits per heavy atom. The largest absolute Gasteiger partial charge is 0.479 e. The van der Waals surface area contributed by atoms with E-state index in [0.29, 0.717) is 53.7 Å². The number of Topliss-reactive ketones (excluding diaryl/α,β-unsaturated/α-hetero) is 4. The Morgan fingerprint density at radius 2 is 0.583 bits per heavy atom. The topological polar surface area (TPSA) is 438 Å². The van der Waals surface area contributed by atoms with E-state index in [9.17, 15) is 77.0 Å². The minimum atomic E-state index is -1.25. The van der Waals surface area contributed by atoms with Gasteiger partial charge in [-0.15, -0.1) is 0 Å². The first-order chi connectivity index (χ1) is 54.8. The van der Waals surface area contributed by atoms with E-state index in [1.807, 2.05) is 55.5 Å². The van der Waals surface area contributed by atoms with Crippen LogP contribution in [0.5, 0.6) is 0 Å². The minimum absolute atomic E-state index is 0.00219. The fraction of sp³-hybridized carbons (Fsp3) is 0.135. The monoisotopic (exact) mass is 1560 g/mol. The summed E-state index contributed by atoms with van der Waals surface area (Å²) < 4.78 is 0. The van der Waals surface area contributed by atoms with Gasteiger partial charge in [-0.1, -0.05) is 188 Å². The van der Waals surface area contributed by atoms with Crippen molar-refractivity contribution in [2.45, 2.75) is 79.7 Å². The van der Waals surface area contributed by atoms with E-state index >= 15 is 0 Å². The highest BCUT2D eigenvalue weighted by molar-refractivity contribution is 6.09. The molecule has 0 bridgehead atoms. The van der Waals surface area contributed by atoms with Crippen molar-refractivity contribution in [2.24, 2.45) is 0 Å². The number of carbonyl (C=O) groups is 15. The molecule has 5 amide bonds. The van der Waals surface area contributed by atoms with Gasteiger partial charge in [0.1, 0.15) is 5.78 Å². The molecule has 0 aliphatic heterocycles. The lowest BCUT2D eigenvalue weighted by atomic mass is 9.99. The molecule has 0 aliphatic rings. The fourth-order valence-electron chi connectivity index (χ4n) is 10.8. The molecule has 10 aromatic carbocycles. The molecule has 0 aliphatic carbocycles. The van der Waals surface area contributed by atoms with Gasteiger partial charge in [-0.25, -0.2) is 28.8 Å². The summed E-state index contributed by atoms with van der Waals surface area (Å²) in [5, 5.41) is 67.9. The standard InChI is InChI=1S/C19H17NO5.C19H19NO4.C18H17NO3.C17H15NO4.C16H13NO5/c1-11(21)13-7-8-14(17(9-13)12(2)22)10-20-18(23)15-5-3-4-6-16(15)19(24)25;1-13(21)6-7-14-8-10-15(11-9-14)12-20-18(22)16-4-2-3-5-17(16)19(23)24;1-12(2)14-9-7-13(8-10-14)11-19-17(20)15-5-3-4-6-16(15)18(21)22;1-11(19)13-8-6-12(7-9-13)10-18-16(20)14-4-2-3-5-15(14)17(21)22;18-14(11-8-4-5-9-12(11)15(19)20)17-13(16(21)22)10-6-2-1-3-7-10/h3-9H,10H2,1-2H3,(H,20,23)(H,24,25);2-5,8-11H,6-7,12H2,1H3,(H,20,22)(H,23,24);3-10H,1,11H2,2H3,(H,19,20)(H,21,22);2-9H,10H2,1H3,(H,18,20)(H,21,22);1-9,13H,(H,17,18)(H,19,20)(H,21,22). The van der Waals surface area contributed by atoms with Crippen LogP contribution in [0, 0.1) is 0 Å². The van der Waals surface area contributed by atoms with Crippen LogP contribution >= 0.6 is 0 Å². The maximum Gasteiger partial charge on any atom is 0.336 e. The van der Waals surface area contributed by atoms with Crippen molar-refractivity contribution in [2.75, 3.05) is 0 Å². The van der Waals surface area contributed by atoms with Crippen LogP contribution in [0.1, 0.15) is 221 Å². The van der Waals surface area contributed by atoms with E-state index in [4.69, 9.17) is 25.5 Å². The number of carboxylic acids is 6. The first-order valence-electron chi connectivity index (χ1n) is 35.2. The quantitative estimate of drug-likeness (QED) is 0.0203. The second-order valence-electron chi connectivity index (χ2n) is 25.4. The SMILES string of the molecule is C=C(C)c1ccc(CNC(=O)c2ccccc2C(=O)O)cc1.CC(=O)CCc1ccc(CNC(=O)c2ccccc2C(=O)O)cc1.CC(=O)c1ccc(CNC(=O)c2ccccc2C(=O)O)c(C(C)=O)c1.CC(=O)c1ccc(CNC(=O)c2ccccc2C(=O)O)cc1.O=C(O)c1ccccc1C(=O)NC(C(=O)O)c1ccccc1. The Balaban J connectivity index is 0.000000224. The molecule has 0 saturated heterocycles.